The minimum Gasteiger partial charge on any atom is -0.507 e. The Kier molecular flexibility index (Phi) is 9.93. The summed E-state index contributed by atoms with van der Waals surface area (Å²) in [4.78, 5) is 24.3. The molecular weight excluding hydrogens is 696 g/mol. The number of fused-ring (bicyclic) bond motifs is 1. The second-order valence-electron chi connectivity index (χ2n) is 13.3. The van der Waals surface area contributed by atoms with Crippen LogP contribution in [0, 0.1) is 0 Å². The number of aliphatic carboxylic acids is 1. The van der Waals surface area contributed by atoms with Crippen LogP contribution in [0.15, 0.2) is 63.5 Å². The fraction of sp³-hybridized carbons (Fsp3) is 0.417. The van der Waals surface area contributed by atoms with Gasteiger partial charge in [0.1, 0.15) is 59.7 Å². The fourth-order valence-corrected chi connectivity index (χ4v) is 6.84. The molecule has 2 aromatic rings. The molecule has 7 atom stereocenters. The Morgan fingerprint density at radius 1 is 1.09 bits per heavy atom. The highest BCUT2D eigenvalue weighted by Gasteiger charge is 2.59. The number of carbonyl (C=O) groups is 1. The van der Waals surface area contributed by atoms with Gasteiger partial charge in [0.25, 0.3) is 0 Å². The fourth-order valence-electron chi connectivity index (χ4n) is 6.84. The van der Waals surface area contributed by atoms with Gasteiger partial charge in [-0.15, -0.1) is 0 Å². The van der Waals surface area contributed by atoms with Crippen molar-refractivity contribution in [3.05, 3.63) is 59.7 Å². The van der Waals surface area contributed by atoms with Gasteiger partial charge in [0.2, 0.25) is 12.0 Å². The molecule has 0 bridgehead atoms. The molecule has 17 nitrogen and oxygen atoms in total. The summed E-state index contributed by atoms with van der Waals surface area (Å²) in [7, 11) is 0. The van der Waals surface area contributed by atoms with Gasteiger partial charge >= 0.3 is 11.8 Å². The van der Waals surface area contributed by atoms with Crippen LogP contribution in [0.25, 0.3) is 5.76 Å². The number of aromatic hydroxyl groups is 1. The number of aliphatic hydroxyl groups excluding tert-OH is 4. The smallest absolute Gasteiger partial charge is 0.336 e. The van der Waals surface area contributed by atoms with Crippen LogP contribution in [-0.4, -0.2) is 121 Å². The van der Waals surface area contributed by atoms with Gasteiger partial charge in [0, 0.05) is 30.4 Å². The van der Waals surface area contributed by atoms with Gasteiger partial charge < -0.3 is 59.4 Å². The topological polar surface area (TPSA) is 267 Å². The molecular formula is C36H39N4O13+. The Balaban J connectivity index is 1.14. The van der Waals surface area contributed by atoms with Gasteiger partial charge in [-0.25, -0.2) is 9.79 Å². The molecule has 0 amide bonds. The number of aliphatic imine (C=N–C) groups is 3. The predicted molar refractivity (Wildman–Crippen MR) is 186 cm³/mol. The largest absolute Gasteiger partial charge is 0.507 e. The van der Waals surface area contributed by atoms with E-state index in [-0.39, 0.29) is 53.5 Å². The second kappa shape index (κ2) is 14.6. The molecule has 17 heteroatoms. The van der Waals surface area contributed by atoms with Crippen molar-refractivity contribution in [2.45, 2.75) is 80.6 Å². The van der Waals surface area contributed by atoms with E-state index in [0.717, 1.165) is 12.8 Å². The van der Waals surface area contributed by atoms with E-state index >= 15 is 0 Å². The number of amidine groups is 1. The number of carboxylic acids is 1. The normalized spacial score (nSPS) is 28.5. The number of hydrogen-bond acceptors (Lipinski definition) is 14. The van der Waals surface area contributed by atoms with E-state index in [1.54, 1.807) is 36.4 Å². The summed E-state index contributed by atoms with van der Waals surface area (Å²) >= 11 is 0. The first-order chi connectivity index (χ1) is 25.4. The summed E-state index contributed by atoms with van der Waals surface area (Å²) in [6.45, 7) is -0.00783. The number of nitrogens with two attached hydrogens (primary N) is 1. The van der Waals surface area contributed by atoms with Crippen LogP contribution in [0.4, 0.5) is 0 Å². The number of hydrogen-bond donors (Lipinski definition) is 8. The third-order valence-electron chi connectivity index (χ3n) is 9.62. The number of ether oxygens (including phenoxy) is 5. The van der Waals surface area contributed by atoms with E-state index in [9.17, 15) is 40.5 Å². The monoisotopic (exact) mass is 735 g/mol. The van der Waals surface area contributed by atoms with Crippen LogP contribution < -0.4 is 24.4 Å². The van der Waals surface area contributed by atoms with Crippen LogP contribution in [-0.2, 0) is 9.53 Å². The number of phenolic OH excluding ortho intramolecular Hbond substituents is 1. The first-order valence-corrected chi connectivity index (χ1v) is 17.0. The van der Waals surface area contributed by atoms with Crippen LogP contribution >= 0.6 is 0 Å². The van der Waals surface area contributed by atoms with Crippen molar-refractivity contribution in [3.63, 3.8) is 0 Å². The predicted octanol–water partition coefficient (Wildman–Crippen LogP) is 0.169. The maximum atomic E-state index is 12.3. The van der Waals surface area contributed by atoms with Gasteiger partial charge in [0.05, 0.1) is 12.6 Å². The molecule has 5 aliphatic rings. The zero-order valence-electron chi connectivity index (χ0n) is 28.2. The minimum atomic E-state index is -2.50. The number of carboxylic acid groups (broad SMARTS) is 1. The lowest BCUT2D eigenvalue weighted by Crippen LogP contribution is -2.69. The van der Waals surface area contributed by atoms with E-state index < -0.39 is 60.6 Å². The lowest BCUT2D eigenvalue weighted by Gasteiger charge is -2.46. The number of nitrogens with zero attached hydrogens (tertiary/aromatic N) is 3. The van der Waals surface area contributed by atoms with Gasteiger partial charge in [-0.2, -0.15) is 0 Å². The molecule has 2 aromatic carbocycles. The standard InChI is InChI=1S/C36H38N4O13/c37-27-10-9-21(40-27)23(42)15-49-19-7-5-17(6-8-19)24-11-22(41)28-25(51-24)12-26(31(29(28)43)50-20-3-1-2-4-20)52-35-30(44)32(45)36(48,33(53-35)34(46)47)13-18-14-38-16-39-18/h5-12,16,20,23-24,30,32-33,35,37,41-45,48H,1-4,13-15H2,(H,46,47)/p+1. The van der Waals surface area contributed by atoms with Crippen molar-refractivity contribution in [2.75, 3.05) is 13.2 Å². The molecule has 1 aliphatic carbocycles. The van der Waals surface area contributed by atoms with E-state index in [1.807, 2.05) is 0 Å². The third-order valence-corrected chi connectivity index (χ3v) is 9.62. The van der Waals surface area contributed by atoms with Gasteiger partial charge in [-0.1, -0.05) is 12.1 Å². The highest BCUT2D eigenvalue weighted by atomic mass is 16.7. The summed E-state index contributed by atoms with van der Waals surface area (Å²) in [5, 5.41) is 82.3. The third kappa shape index (κ3) is 7.21. The van der Waals surface area contributed by atoms with Gasteiger partial charge in [-0.05, 0) is 54.4 Å². The molecule has 1 saturated carbocycles. The maximum Gasteiger partial charge on any atom is 0.336 e. The molecule has 4 aliphatic heterocycles. The molecule has 53 heavy (non-hydrogen) atoms. The van der Waals surface area contributed by atoms with E-state index in [4.69, 9.17) is 29.1 Å². The van der Waals surface area contributed by atoms with Crippen molar-refractivity contribution in [3.8, 4) is 28.7 Å². The summed E-state index contributed by atoms with van der Waals surface area (Å²) in [6, 6.07) is 7.94. The molecule has 0 aromatic heterocycles. The average Bonchev–Trinajstić information content (AvgIpc) is 3.93. The molecule has 4 heterocycles. The Labute approximate surface area is 301 Å². The molecule has 2 fully saturated rings. The van der Waals surface area contributed by atoms with Gasteiger partial charge in [-0.3, -0.25) is 10.4 Å². The SMILES string of the molecule is [NH2+]=C1C=CC(C(O)COc2ccc(C3C=C(O)c4c(cc(OC5OC(C(=O)O)C(O)(CC6=NC=NC6)C(O)C5O)c(OC5CCCC5)c4O)O3)cc2)=N1. The molecule has 7 unspecified atom stereocenters. The van der Waals surface area contributed by atoms with Crippen molar-refractivity contribution in [2.24, 2.45) is 15.0 Å². The number of rotatable bonds is 12. The molecule has 0 spiro atoms. The maximum absolute atomic E-state index is 12.3. The van der Waals surface area contributed by atoms with Crippen LogP contribution in [0.3, 0.4) is 0 Å². The minimum absolute atomic E-state index is 0.0532. The first kappa shape index (κ1) is 36.0. The summed E-state index contributed by atoms with van der Waals surface area (Å²) < 4.78 is 29.6. The quantitative estimate of drug-likeness (QED) is 0.145. The summed E-state index contributed by atoms with van der Waals surface area (Å²) in [5.41, 5.74) is -1.37. The van der Waals surface area contributed by atoms with Crippen LogP contribution in [0.1, 0.15) is 49.3 Å². The van der Waals surface area contributed by atoms with Crippen LogP contribution in [0.5, 0.6) is 28.7 Å². The Morgan fingerprint density at radius 2 is 1.85 bits per heavy atom. The highest BCUT2D eigenvalue weighted by Crippen LogP contribution is 2.52. The summed E-state index contributed by atoms with van der Waals surface area (Å²) in [6.07, 6.45) is -1.80. The molecule has 7 rings (SSSR count). The number of benzene rings is 2. The molecule has 9 N–H and O–H groups in total. The Morgan fingerprint density at radius 3 is 2.51 bits per heavy atom. The Hall–Kier alpha value is -5.33. The van der Waals surface area contributed by atoms with E-state index in [1.165, 1.54) is 18.5 Å². The molecule has 0 radical (unpaired) electrons. The summed E-state index contributed by atoms with van der Waals surface area (Å²) in [5.74, 6) is -2.32. The first-order valence-electron chi connectivity index (χ1n) is 17.0. The zero-order chi connectivity index (χ0) is 37.4. The Bertz CT molecular complexity index is 1920. The number of phenols is 1. The zero-order valence-corrected chi connectivity index (χ0v) is 28.2. The van der Waals surface area contributed by atoms with E-state index in [2.05, 4.69) is 15.0 Å². The lowest BCUT2D eigenvalue weighted by molar-refractivity contribution is -0.303. The van der Waals surface area contributed by atoms with Crippen LogP contribution in [0.2, 0.25) is 0 Å². The molecule has 1 saturated heterocycles. The van der Waals surface area contributed by atoms with Crippen molar-refractivity contribution in [1.29, 1.82) is 0 Å². The average molecular weight is 736 g/mol. The van der Waals surface area contributed by atoms with Crippen molar-refractivity contribution >= 4 is 35.3 Å². The lowest BCUT2D eigenvalue weighted by atomic mass is 9.80. The van der Waals surface area contributed by atoms with Crippen molar-refractivity contribution in [1.82, 2.24) is 0 Å². The van der Waals surface area contributed by atoms with E-state index in [0.29, 0.717) is 35.7 Å². The van der Waals surface area contributed by atoms with Gasteiger partial charge in [0.15, 0.2) is 29.4 Å². The highest BCUT2D eigenvalue weighted by molar-refractivity contribution is 6.14. The number of aliphatic hydroxyl groups is 5. The molecule has 280 valence electrons. The van der Waals surface area contributed by atoms with Crippen molar-refractivity contribution < 1.29 is 69.6 Å². The second-order valence-corrected chi connectivity index (χ2v) is 13.3.